The fourth-order valence-electron chi connectivity index (χ4n) is 1.08. The van der Waals surface area contributed by atoms with Crippen molar-refractivity contribution in [1.29, 1.82) is 0 Å². The molecular formula is C8H5F2N3O. The zero-order valence-electron chi connectivity index (χ0n) is 6.87. The van der Waals surface area contributed by atoms with Crippen LogP contribution in [0, 0.1) is 11.6 Å². The average Bonchev–Trinajstić information content (AvgIpc) is 2.52. The molecule has 0 aliphatic heterocycles. The van der Waals surface area contributed by atoms with Crippen molar-refractivity contribution in [2.24, 2.45) is 0 Å². The van der Waals surface area contributed by atoms with Gasteiger partial charge in [0.15, 0.2) is 5.82 Å². The summed E-state index contributed by atoms with van der Waals surface area (Å²) in [5, 5.41) is 3.56. The van der Waals surface area contributed by atoms with Gasteiger partial charge in [-0.15, -0.1) is 0 Å². The van der Waals surface area contributed by atoms with E-state index < -0.39 is 17.3 Å². The molecule has 0 fully saturated rings. The summed E-state index contributed by atoms with van der Waals surface area (Å²) in [6.45, 7) is 0. The number of aromatic nitrogens is 3. The van der Waals surface area contributed by atoms with E-state index in [1.54, 1.807) is 0 Å². The molecule has 0 unspecified atom stereocenters. The smallest absolute Gasteiger partial charge is 0.295 e. The van der Waals surface area contributed by atoms with E-state index in [1.165, 1.54) is 0 Å². The first-order valence-corrected chi connectivity index (χ1v) is 3.76. The molecule has 2 aromatic rings. The quantitative estimate of drug-likeness (QED) is 0.736. The Morgan fingerprint density at radius 3 is 2.71 bits per heavy atom. The highest BCUT2D eigenvalue weighted by atomic mass is 19.1. The Labute approximate surface area is 76.8 Å². The Morgan fingerprint density at radius 2 is 2.14 bits per heavy atom. The highest BCUT2D eigenvalue weighted by Gasteiger charge is 2.08. The topological polar surface area (TPSA) is 50.7 Å². The van der Waals surface area contributed by atoms with Gasteiger partial charge in [0.2, 0.25) is 0 Å². The van der Waals surface area contributed by atoms with Gasteiger partial charge in [-0.2, -0.15) is 9.78 Å². The molecule has 1 N–H and O–H groups in total. The van der Waals surface area contributed by atoms with Gasteiger partial charge < -0.3 is 0 Å². The molecule has 0 atom stereocenters. The maximum absolute atomic E-state index is 13.1. The summed E-state index contributed by atoms with van der Waals surface area (Å²) in [7, 11) is 0. The van der Waals surface area contributed by atoms with Crippen LogP contribution in [0.25, 0.3) is 5.69 Å². The minimum atomic E-state index is -0.834. The van der Waals surface area contributed by atoms with E-state index in [0.29, 0.717) is 6.07 Å². The van der Waals surface area contributed by atoms with Crippen molar-refractivity contribution in [3.05, 3.63) is 46.6 Å². The zero-order chi connectivity index (χ0) is 10.1. The monoisotopic (exact) mass is 197 g/mol. The van der Waals surface area contributed by atoms with Crippen LogP contribution in [0.3, 0.4) is 0 Å². The lowest BCUT2D eigenvalue weighted by Crippen LogP contribution is -2.17. The molecule has 4 nitrogen and oxygen atoms in total. The number of benzene rings is 1. The SMILES string of the molecule is O=c1[nH]cnn1-c1ccc(F)cc1F. The van der Waals surface area contributed by atoms with Crippen LogP contribution in [0.2, 0.25) is 0 Å². The van der Waals surface area contributed by atoms with Crippen molar-refractivity contribution in [3.8, 4) is 5.69 Å². The molecule has 0 saturated carbocycles. The van der Waals surface area contributed by atoms with E-state index in [-0.39, 0.29) is 5.69 Å². The minimum absolute atomic E-state index is 0.0855. The van der Waals surface area contributed by atoms with Crippen molar-refractivity contribution in [3.63, 3.8) is 0 Å². The van der Waals surface area contributed by atoms with E-state index in [4.69, 9.17) is 0 Å². The van der Waals surface area contributed by atoms with Crippen LogP contribution < -0.4 is 5.69 Å². The van der Waals surface area contributed by atoms with Crippen LogP contribution in [0.15, 0.2) is 29.3 Å². The second-order valence-electron chi connectivity index (χ2n) is 2.60. The summed E-state index contributed by atoms with van der Waals surface area (Å²) in [4.78, 5) is 13.3. The molecule has 2 rings (SSSR count). The largest absolute Gasteiger partial charge is 0.347 e. The second kappa shape index (κ2) is 3.06. The molecule has 72 valence electrons. The van der Waals surface area contributed by atoms with Crippen LogP contribution in [-0.4, -0.2) is 14.8 Å². The predicted molar refractivity (Wildman–Crippen MR) is 44.1 cm³/mol. The summed E-state index contributed by atoms with van der Waals surface area (Å²) >= 11 is 0. The second-order valence-corrected chi connectivity index (χ2v) is 2.60. The molecule has 0 aliphatic carbocycles. The Balaban J connectivity index is 2.63. The summed E-state index contributed by atoms with van der Waals surface area (Å²) in [5.41, 5.74) is -0.659. The van der Waals surface area contributed by atoms with Crippen molar-refractivity contribution in [2.45, 2.75) is 0 Å². The van der Waals surface area contributed by atoms with Gasteiger partial charge in [-0.3, -0.25) is 4.98 Å². The number of nitrogens with zero attached hydrogens (tertiary/aromatic N) is 2. The van der Waals surface area contributed by atoms with Gasteiger partial charge in [0.25, 0.3) is 0 Å². The summed E-state index contributed by atoms with van der Waals surface area (Å²) < 4.78 is 26.5. The minimum Gasteiger partial charge on any atom is -0.295 e. The number of aromatic amines is 1. The van der Waals surface area contributed by atoms with Crippen LogP contribution in [-0.2, 0) is 0 Å². The van der Waals surface area contributed by atoms with Crippen LogP contribution >= 0.6 is 0 Å². The first-order chi connectivity index (χ1) is 6.68. The third kappa shape index (κ3) is 1.30. The van der Waals surface area contributed by atoms with Crippen molar-refractivity contribution in [1.82, 2.24) is 14.8 Å². The molecule has 0 bridgehead atoms. The van der Waals surface area contributed by atoms with E-state index in [1.807, 2.05) is 0 Å². The fourth-order valence-corrected chi connectivity index (χ4v) is 1.08. The Kier molecular flexibility index (Phi) is 1.88. The Morgan fingerprint density at radius 1 is 1.36 bits per heavy atom. The van der Waals surface area contributed by atoms with Gasteiger partial charge in [0.1, 0.15) is 17.8 Å². The molecule has 0 aliphatic rings. The molecule has 0 amide bonds. The zero-order valence-corrected chi connectivity index (χ0v) is 6.87. The number of H-pyrrole nitrogens is 1. The van der Waals surface area contributed by atoms with Crippen molar-refractivity contribution >= 4 is 0 Å². The molecule has 0 saturated heterocycles. The highest BCUT2D eigenvalue weighted by molar-refractivity contribution is 5.31. The van der Waals surface area contributed by atoms with Crippen molar-refractivity contribution in [2.75, 3.05) is 0 Å². The Bertz CT molecular complexity index is 517. The normalized spacial score (nSPS) is 10.4. The lowest BCUT2D eigenvalue weighted by molar-refractivity contribution is 0.572. The van der Waals surface area contributed by atoms with E-state index in [2.05, 4.69) is 10.1 Å². The fraction of sp³-hybridized carbons (Fsp3) is 0. The number of hydrogen-bond acceptors (Lipinski definition) is 2. The highest BCUT2D eigenvalue weighted by Crippen LogP contribution is 2.11. The number of hydrogen-bond donors (Lipinski definition) is 1. The number of halogens is 2. The molecule has 6 heteroatoms. The average molecular weight is 197 g/mol. The van der Waals surface area contributed by atoms with Gasteiger partial charge in [0, 0.05) is 6.07 Å². The number of rotatable bonds is 1. The van der Waals surface area contributed by atoms with Crippen LogP contribution in [0.1, 0.15) is 0 Å². The molecule has 1 aromatic heterocycles. The van der Waals surface area contributed by atoms with E-state index >= 15 is 0 Å². The van der Waals surface area contributed by atoms with E-state index in [0.717, 1.165) is 23.1 Å². The van der Waals surface area contributed by atoms with Gasteiger partial charge in [-0.05, 0) is 12.1 Å². The molecule has 0 radical (unpaired) electrons. The summed E-state index contributed by atoms with van der Waals surface area (Å²) in [5.74, 6) is -1.53. The van der Waals surface area contributed by atoms with Gasteiger partial charge >= 0.3 is 5.69 Å². The van der Waals surface area contributed by atoms with Gasteiger partial charge in [0.05, 0.1) is 0 Å². The molecule has 1 aromatic carbocycles. The molecular weight excluding hydrogens is 192 g/mol. The summed E-state index contributed by atoms with van der Waals surface area (Å²) in [6.07, 6.45) is 1.13. The third-order valence-electron chi connectivity index (χ3n) is 1.69. The maximum atomic E-state index is 13.1. The van der Waals surface area contributed by atoms with Crippen molar-refractivity contribution < 1.29 is 8.78 Å². The standard InChI is InChI=1S/C8H5F2N3O/c9-5-1-2-7(6(10)3-5)13-8(14)11-4-12-13/h1-4H,(H,11,12,14). The molecule has 0 spiro atoms. The lowest BCUT2D eigenvalue weighted by atomic mass is 10.3. The third-order valence-corrected chi connectivity index (χ3v) is 1.69. The molecule has 1 heterocycles. The number of nitrogens with one attached hydrogen (secondary N) is 1. The first kappa shape index (κ1) is 8.61. The Hall–Kier alpha value is -1.98. The van der Waals surface area contributed by atoms with Gasteiger partial charge in [-0.25, -0.2) is 13.6 Å². The van der Waals surface area contributed by atoms with E-state index in [9.17, 15) is 13.6 Å². The lowest BCUT2D eigenvalue weighted by Gasteiger charge is -2.00. The van der Waals surface area contributed by atoms with Crippen LogP contribution in [0.4, 0.5) is 8.78 Å². The van der Waals surface area contributed by atoms with Gasteiger partial charge in [-0.1, -0.05) is 0 Å². The maximum Gasteiger partial charge on any atom is 0.347 e. The molecule has 14 heavy (non-hydrogen) atoms. The summed E-state index contributed by atoms with van der Waals surface area (Å²) in [6, 6.07) is 2.89. The van der Waals surface area contributed by atoms with Crippen LogP contribution in [0.5, 0.6) is 0 Å². The first-order valence-electron chi connectivity index (χ1n) is 3.76. The predicted octanol–water partition coefficient (Wildman–Crippen LogP) is 0.839.